The van der Waals surface area contributed by atoms with E-state index in [4.69, 9.17) is 4.74 Å². The van der Waals surface area contributed by atoms with Crippen LogP contribution in [-0.2, 0) is 6.54 Å². The highest BCUT2D eigenvalue weighted by atomic mass is 16.5. The Labute approximate surface area is 71.5 Å². The lowest BCUT2D eigenvalue weighted by Crippen LogP contribution is -2.41. The number of hydrogen-bond acceptors (Lipinski definition) is 3. The fourth-order valence-corrected chi connectivity index (χ4v) is 1.44. The second kappa shape index (κ2) is 3.15. The Balaban J connectivity index is 2.05. The van der Waals surface area contributed by atoms with Gasteiger partial charge in [-0.1, -0.05) is 6.92 Å². The second-order valence-corrected chi connectivity index (χ2v) is 2.92. The maximum atomic E-state index is 5.47. The van der Waals surface area contributed by atoms with Crippen molar-refractivity contribution >= 4 is 0 Å². The van der Waals surface area contributed by atoms with Crippen LogP contribution >= 0.6 is 0 Å². The highest BCUT2D eigenvalue weighted by Crippen LogP contribution is 2.14. The van der Waals surface area contributed by atoms with Crippen LogP contribution in [0.1, 0.15) is 6.92 Å². The Hall–Kier alpha value is -1.03. The van der Waals surface area contributed by atoms with E-state index in [1.807, 2.05) is 10.7 Å². The Morgan fingerprint density at radius 3 is 3.58 bits per heavy atom. The Kier molecular flexibility index (Phi) is 1.99. The lowest BCUT2D eigenvalue weighted by Gasteiger charge is -2.24. The predicted octanol–water partition coefficient (Wildman–Crippen LogP) is 0.254. The molecule has 0 aromatic carbocycles. The van der Waals surface area contributed by atoms with Gasteiger partial charge >= 0.3 is 0 Å². The summed E-state index contributed by atoms with van der Waals surface area (Å²) >= 11 is 0. The largest absolute Gasteiger partial charge is 0.476 e. The molecular formula is C8H13N3O. The van der Waals surface area contributed by atoms with Gasteiger partial charge in [-0.3, -0.25) is 0 Å². The molecule has 4 nitrogen and oxygen atoms in total. The summed E-state index contributed by atoms with van der Waals surface area (Å²) in [5, 5.41) is 7.47. The number of ether oxygens (including phenoxy) is 1. The predicted molar refractivity (Wildman–Crippen MR) is 45.2 cm³/mol. The third-order valence-corrected chi connectivity index (χ3v) is 2.00. The molecule has 1 aliphatic rings. The van der Waals surface area contributed by atoms with Crippen LogP contribution in [0.4, 0.5) is 0 Å². The standard InChI is InChI=1S/C8H13N3O/c1-2-9-7-5-11-8(12-6-7)3-4-10-11/h3-4,7,9H,2,5-6H2,1H3/t7-/m1/s1. The van der Waals surface area contributed by atoms with Gasteiger partial charge < -0.3 is 10.1 Å². The van der Waals surface area contributed by atoms with Crippen LogP contribution in [0, 0.1) is 0 Å². The highest BCUT2D eigenvalue weighted by Gasteiger charge is 2.18. The molecule has 2 rings (SSSR count). The van der Waals surface area contributed by atoms with Crippen molar-refractivity contribution in [3.05, 3.63) is 12.3 Å². The minimum Gasteiger partial charge on any atom is -0.476 e. The van der Waals surface area contributed by atoms with Gasteiger partial charge in [0.15, 0.2) is 0 Å². The molecule has 0 aliphatic carbocycles. The fraction of sp³-hybridized carbons (Fsp3) is 0.625. The van der Waals surface area contributed by atoms with Gasteiger partial charge in [-0.05, 0) is 6.54 Å². The molecule has 0 saturated carbocycles. The first-order valence-corrected chi connectivity index (χ1v) is 4.28. The van der Waals surface area contributed by atoms with E-state index in [1.54, 1.807) is 6.20 Å². The normalized spacial score (nSPS) is 21.6. The summed E-state index contributed by atoms with van der Waals surface area (Å²) in [7, 11) is 0. The molecule has 0 saturated heterocycles. The summed E-state index contributed by atoms with van der Waals surface area (Å²) < 4.78 is 7.35. The van der Waals surface area contributed by atoms with Crippen LogP contribution < -0.4 is 10.1 Å². The first kappa shape index (κ1) is 7.61. The zero-order chi connectivity index (χ0) is 8.39. The maximum absolute atomic E-state index is 5.47. The molecular weight excluding hydrogens is 154 g/mol. The van der Waals surface area contributed by atoms with Gasteiger partial charge in [0.2, 0.25) is 5.88 Å². The molecule has 1 aliphatic heterocycles. The van der Waals surface area contributed by atoms with Gasteiger partial charge in [0.25, 0.3) is 0 Å². The number of nitrogens with one attached hydrogen (secondary N) is 1. The summed E-state index contributed by atoms with van der Waals surface area (Å²) in [6.07, 6.45) is 1.77. The summed E-state index contributed by atoms with van der Waals surface area (Å²) in [5.74, 6) is 0.879. The van der Waals surface area contributed by atoms with E-state index < -0.39 is 0 Å². The summed E-state index contributed by atoms with van der Waals surface area (Å²) in [6.45, 7) is 4.74. The van der Waals surface area contributed by atoms with Crippen molar-refractivity contribution in [3.63, 3.8) is 0 Å². The first-order valence-electron chi connectivity index (χ1n) is 4.28. The van der Waals surface area contributed by atoms with Crippen molar-refractivity contribution in [2.24, 2.45) is 0 Å². The van der Waals surface area contributed by atoms with E-state index in [0.717, 1.165) is 25.6 Å². The molecule has 66 valence electrons. The van der Waals surface area contributed by atoms with E-state index in [1.165, 1.54) is 0 Å². The third kappa shape index (κ3) is 1.30. The van der Waals surface area contributed by atoms with Crippen LogP contribution in [0.3, 0.4) is 0 Å². The van der Waals surface area contributed by atoms with E-state index in [-0.39, 0.29) is 0 Å². The van der Waals surface area contributed by atoms with Crippen molar-refractivity contribution in [3.8, 4) is 5.88 Å². The zero-order valence-electron chi connectivity index (χ0n) is 7.16. The van der Waals surface area contributed by atoms with Crippen LogP contribution in [-0.4, -0.2) is 29.0 Å². The summed E-state index contributed by atoms with van der Waals surface area (Å²) in [5.41, 5.74) is 0. The van der Waals surface area contributed by atoms with Crippen molar-refractivity contribution in [1.29, 1.82) is 0 Å². The SMILES string of the molecule is CCN[C@H]1COc2ccnn2C1. The molecule has 1 N–H and O–H groups in total. The zero-order valence-corrected chi connectivity index (χ0v) is 7.16. The van der Waals surface area contributed by atoms with E-state index in [9.17, 15) is 0 Å². The van der Waals surface area contributed by atoms with Crippen LogP contribution in [0.15, 0.2) is 12.3 Å². The van der Waals surface area contributed by atoms with Gasteiger partial charge in [0.05, 0.1) is 18.8 Å². The second-order valence-electron chi connectivity index (χ2n) is 2.92. The summed E-state index contributed by atoms with van der Waals surface area (Å²) in [4.78, 5) is 0. The lowest BCUT2D eigenvalue weighted by atomic mass is 10.3. The average molecular weight is 167 g/mol. The minimum atomic E-state index is 0.405. The molecule has 0 amide bonds. The number of likely N-dealkylation sites (N-methyl/N-ethyl adjacent to an activating group) is 1. The molecule has 1 atom stereocenters. The number of nitrogens with zero attached hydrogens (tertiary/aromatic N) is 2. The molecule has 0 fully saturated rings. The van der Waals surface area contributed by atoms with E-state index in [0.29, 0.717) is 6.04 Å². The molecule has 1 aromatic heterocycles. The van der Waals surface area contributed by atoms with Crippen molar-refractivity contribution in [2.75, 3.05) is 13.2 Å². The van der Waals surface area contributed by atoms with Crippen molar-refractivity contribution in [2.45, 2.75) is 19.5 Å². The number of rotatable bonds is 2. The maximum Gasteiger partial charge on any atom is 0.211 e. The number of hydrogen-bond donors (Lipinski definition) is 1. The highest BCUT2D eigenvalue weighted by molar-refractivity contribution is 5.09. The van der Waals surface area contributed by atoms with Gasteiger partial charge in [-0.25, -0.2) is 4.68 Å². The Morgan fingerprint density at radius 1 is 1.83 bits per heavy atom. The van der Waals surface area contributed by atoms with E-state index in [2.05, 4.69) is 17.3 Å². The Bertz CT molecular complexity index is 259. The molecule has 2 heterocycles. The monoisotopic (exact) mass is 167 g/mol. The molecule has 1 aromatic rings. The molecule has 0 radical (unpaired) electrons. The van der Waals surface area contributed by atoms with Crippen molar-refractivity contribution < 1.29 is 4.74 Å². The van der Waals surface area contributed by atoms with Crippen molar-refractivity contribution in [1.82, 2.24) is 15.1 Å². The van der Waals surface area contributed by atoms with Crippen LogP contribution in [0.2, 0.25) is 0 Å². The quantitative estimate of drug-likeness (QED) is 0.686. The van der Waals surface area contributed by atoms with Gasteiger partial charge in [-0.15, -0.1) is 0 Å². The molecule has 0 spiro atoms. The molecule has 12 heavy (non-hydrogen) atoms. The Morgan fingerprint density at radius 2 is 2.75 bits per heavy atom. The lowest BCUT2D eigenvalue weighted by molar-refractivity contribution is 0.185. The summed E-state index contributed by atoms with van der Waals surface area (Å²) in [6, 6.07) is 2.30. The minimum absolute atomic E-state index is 0.405. The molecule has 0 unspecified atom stereocenters. The third-order valence-electron chi connectivity index (χ3n) is 2.00. The van der Waals surface area contributed by atoms with Crippen LogP contribution in [0.25, 0.3) is 0 Å². The average Bonchev–Trinajstić information content (AvgIpc) is 2.51. The fourth-order valence-electron chi connectivity index (χ4n) is 1.44. The van der Waals surface area contributed by atoms with Gasteiger partial charge in [-0.2, -0.15) is 5.10 Å². The topological polar surface area (TPSA) is 39.1 Å². The van der Waals surface area contributed by atoms with Gasteiger partial charge in [0, 0.05) is 6.07 Å². The smallest absolute Gasteiger partial charge is 0.211 e. The van der Waals surface area contributed by atoms with Gasteiger partial charge in [0.1, 0.15) is 6.61 Å². The number of fused-ring (bicyclic) bond motifs is 1. The number of aromatic nitrogens is 2. The molecule has 0 bridgehead atoms. The van der Waals surface area contributed by atoms with E-state index >= 15 is 0 Å². The molecule has 4 heteroatoms. The van der Waals surface area contributed by atoms with Crippen LogP contribution in [0.5, 0.6) is 5.88 Å². The first-order chi connectivity index (χ1) is 5.90.